The van der Waals surface area contributed by atoms with E-state index in [0.717, 1.165) is 12.1 Å². The summed E-state index contributed by atoms with van der Waals surface area (Å²) >= 11 is 1.89. The smallest absolute Gasteiger partial charge is 0.0702 e. The third kappa shape index (κ3) is 2.25. The molecule has 2 heterocycles. The quantitative estimate of drug-likeness (QED) is 0.274. The van der Waals surface area contributed by atoms with E-state index >= 15 is 0 Å². The number of fused-ring (bicyclic) bond motifs is 8. The molecule has 0 spiro atoms. The second kappa shape index (κ2) is 6.01. The molecule has 0 unspecified atom stereocenters. The van der Waals surface area contributed by atoms with E-state index in [-0.39, 0.29) is 0 Å². The molecule has 2 aromatic heterocycles. The molecule has 1 aliphatic carbocycles. The van der Waals surface area contributed by atoms with Gasteiger partial charge in [-0.2, -0.15) is 0 Å². The second-order valence-electron chi connectivity index (χ2n) is 8.03. The fourth-order valence-electron chi connectivity index (χ4n) is 4.92. The van der Waals surface area contributed by atoms with Gasteiger partial charge >= 0.3 is 0 Å². The zero-order valence-electron chi connectivity index (χ0n) is 16.2. The van der Waals surface area contributed by atoms with Gasteiger partial charge in [0.25, 0.3) is 0 Å². The molecule has 0 saturated carbocycles. The minimum absolute atomic E-state index is 1.00. The number of aromatic nitrogens is 1. The number of pyridine rings is 1. The fraction of sp³-hybridized carbons (Fsp3) is 0.0357. The Morgan fingerprint density at radius 1 is 0.667 bits per heavy atom. The summed E-state index contributed by atoms with van der Waals surface area (Å²) in [7, 11) is 0. The second-order valence-corrected chi connectivity index (χ2v) is 9.11. The Balaban J connectivity index is 1.48. The zero-order valence-corrected chi connectivity index (χ0v) is 17.0. The van der Waals surface area contributed by atoms with E-state index in [1.54, 1.807) is 0 Å². The molecule has 0 saturated heterocycles. The maximum atomic E-state index is 4.54. The SMILES string of the molecule is c1ccc(-c2ccc3c(c2)-c2cc4ccc5sc6ccccc6c5c4cc2C3)nc1. The van der Waals surface area contributed by atoms with Crippen LogP contribution in [0.5, 0.6) is 0 Å². The van der Waals surface area contributed by atoms with Gasteiger partial charge in [0.05, 0.1) is 5.69 Å². The summed E-state index contributed by atoms with van der Waals surface area (Å²) in [4.78, 5) is 4.54. The normalized spacial score (nSPS) is 12.5. The first kappa shape index (κ1) is 16.3. The number of hydrogen-bond donors (Lipinski definition) is 0. The topological polar surface area (TPSA) is 12.9 Å². The molecule has 1 nitrogen and oxygen atoms in total. The number of rotatable bonds is 1. The first-order valence-electron chi connectivity index (χ1n) is 10.3. The number of thiophene rings is 1. The van der Waals surface area contributed by atoms with Crippen LogP contribution in [0.1, 0.15) is 11.1 Å². The molecule has 0 aliphatic heterocycles. The van der Waals surface area contributed by atoms with Crippen LogP contribution in [0.25, 0.3) is 53.3 Å². The van der Waals surface area contributed by atoms with Crippen molar-refractivity contribution in [3.8, 4) is 22.4 Å². The maximum absolute atomic E-state index is 4.54. The largest absolute Gasteiger partial charge is 0.256 e. The predicted molar refractivity (Wildman–Crippen MR) is 128 cm³/mol. The van der Waals surface area contributed by atoms with Gasteiger partial charge in [0.1, 0.15) is 0 Å². The number of benzene rings is 4. The van der Waals surface area contributed by atoms with Crippen LogP contribution < -0.4 is 0 Å². The molecule has 0 radical (unpaired) electrons. The summed E-state index contributed by atoms with van der Waals surface area (Å²) in [6.45, 7) is 0. The maximum Gasteiger partial charge on any atom is 0.0702 e. The van der Waals surface area contributed by atoms with Crippen molar-refractivity contribution in [1.29, 1.82) is 0 Å². The lowest BCUT2D eigenvalue weighted by Gasteiger charge is -2.08. The Morgan fingerprint density at radius 3 is 2.50 bits per heavy atom. The van der Waals surface area contributed by atoms with Gasteiger partial charge in [-0.3, -0.25) is 4.98 Å². The lowest BCUT2D eigenvalue weighted by atomic mass is 9.96. The van der Waals surface area contributed by atoms with E-state index in [1.807, 2.05) is 29.7 Å². The van der Waals surface area contributed by atoms with Crippen LogP contribution >= 0.6 is 11.3 Å². The molecule has 140 valence electrons. The molecule has 1 aliphatic rings. The van der Waals surface area contributed by atoms with Gasteiger partial charge in [0.15, 0.2) is 0 Å². The van der Waals surface area contributed by atoms with Crippen molar-refractivity contribution in [3.05, 3.63) is 102 Å². The van der Waals surface area contributed by atoms with E-state index in [1.165, 1.54) is 58.8 Å². The van der Waals surface area contributed by atoms with Gasteiger partial charge in [-0.1, -0.05) is 42.5 Å². The van der Waals surface area contributed by atoms with Gasteiger partial charge in [0.2, 0.25) is 0 Å². The van der Waals surface area contributed by atoms with Crippen molar-refractivity contribution < 1.29 is 0 Å². The van der Waals surface area contributed by atoms with Gasteiger partial charge < -0.3 is 0 Å². The zero-order chi connectivity index (χ0) is 19.7. The van der Waals surface area contributed by atoms with Crippen molar-refractivity contribution in [2.75, 3.05) is 0 Å². The van der Waals surface area contributed by atoms with Gasteiger partial charge in [0, 0.05) is 31.9 Å². The summed E-state index contributed by atoms with van der Waals surface area (Å²) in [6.07, 6.45) is 2.86. The molecule has 4 aromatic carbocycles. The molecular formula is C28H17NS. The first-order chi connectivity index (χ1) is 14.8. The van der Waals surface area contributed by atoms with Crippen LogP contribution in [0.3, 0.4) is 0 Å². The highest BCUT2D eigenvalue weighted by Gasteiger charge is 2.21. The summed E-state index contributed by atoms with van der Waals surface area (Å²) < 4.78 is 2.74. The van der Waals surface area contributed by atoms with Crippen molar-refractivity contribution in [2.24, 2.45) is 0 Å². The highest BCUT2D eigenvalue weighted by atomic mass is 32.1. The molecule has 0 bridgehead atoms. The Labute approximate surface area is 178 Å². The molecule has 6 aromatic rings. The third-order valence-electron chi connectivity index (χ3n) is 6.32. The minimum Gasteiger partial charge on any atom is -0.256 e. The summed E-state index contributed by atoms with van der Waals surface area (Å²) in [5.41, 5.74) is 7.77. The first-order valence-corrected chi connectivity index (χ1v) is 11.1. The standard InChI is InChI=1S/C28H17NS/c1-2-7-26-21(5-1)28-24-16-20-13-17-8-9-19(25-6-3-4-12-29-25)15-22(17)23(20)14-18(24)10-11-27(28)30-26/h1-12,14-16H,13H2. The van der Waals surface area contributed by atoms with Gasteiger partial charge in [-0.15, -0.1) is 11.3 Å². The van der Waals surface area contributed by atoms with Gasteiger partial charge in [-0.05, 0) is 81.9 Å². The van der Waals surface area contributed by atoms with Crippen LogP contribution in [0.2, 0.25) is 0 Å². The number of hydrogen-bond acceptors (Lipinski definition) is 2. The summed E-state index contributed by atoms with van der Waals surface area (Å²) in [5, 5.41) is 5.47. The highest BCUT2D eigenvalue weighted by molar-refractivity contribution is 7.26. The Morgan fingerprint density at radius 2 is 1.57 bits per heavy atom. The highest BCUT2D eigenvalue weighted by Crippen LogP contribution is 2.44. The van der Waals surface area contributed by atoms with Crippen LogP contribution in [0.4, 0.5) is 0 Å². The Hall–Kier alpha value is -3.49. The van der Waals surface area contributed by atoms with Crippen molar-refractivity contribution in [1.82, 2.24) is 4.98 Å². The van der Waals surface area contributed by atoms with Gasteiger partial charge in [-0.25, -0.2) is 0 Å². The van der Waals surface area contributed by atoms with E-state index in [0.29, 0.717) is 0 Å². The molecule has 0 fully saturated rings. The van der Waals surface area contributed by atoms with Crippen LogP contribution in [-0.2, 0) is 6.42 Å². The fourth-order valence-corrected chi connectivity index (χ4v) is 6.04. The van der Waals surface area contributed by atoms with E-state index in [9.17, 15) is 0 Å². The van der Waals surface area contributed by atoms with E-state index < -0.39 is 0 Å². The van der Waals surface area contributed by atoms with Crippen molar-refractivity contribution >= 4 is 42.3 Å². The average molecular weight is 400 g/mol. The number of nitrogens with zero attached hydrogens (tertiary/aromatic N) is 1. The third-order valence-corrected chi connectivity index (χ3v) is 7.46. The van der Waals surface area contributed by atoms with Crippen molar-refractivity contribution in [2.45, 2.75) is 6.42 Å². The van der Waals surface area contributed by atoms with Crippen molar-refractivity contribution in [3.63, 3.8) is 0 Å². The average Bonchev–Trinajstić information content (AvgIpc) is 3.35. The summed E-state index contributed by atoms with van der Waals surface area (Å²) in [5.74, 6) is 0. The van der Waals surface area contributed by atoms with Crippen LogP contribution in [0.15, 0.2) is 91.1 Å². The van der Waals surface area contributed by atoms with E-state index in [4.69, 9.17) is 0 Å². The van der Waals surface area contributed by atoms with Crippen LogP contribution in [-0.4, -0.2) is 4.98 Å². The summed E-state index contributed by atoms with van der Waals surface area (Å²) in [6, 6.07) is 31.1. The minimum atomic E-state index is 1.00. The molecule has 7 rings (SSSR count). The molecule has 2 heteroatoms. The molecule has 30 heavy (non-hydrogen) atoms. The van der Waals surface area contributed by atoms with E-state index in [2.05, 4.69) is 77.8 Å². The molecule has 0 amide bonds. The lowest BCUT2D eigenvalue weighted by Crippen LogP contribution is -1.85. The Kier molecular flexibility index (Phi) is 3.27. The molecule has 0 N–H and O–H groups in total. The molecular weight excluding hydrogens is 382 g/mol. The predicted octanol–water partition coefficient (Wildman–Crippen LogP) is 7.84. The monoisotopic (exact) mass is 399 g/mol. The lowest BCUT2D eigenvalue weighted by molar-refractivity contribution is 1.27. The Bertz CT molecular complexity index is 1610. The van der Waals surface area contributed by atoms with Crippen LogP contribution in [0, 0.1) is 0 Å². The molecule has 0 atom stereocenters.